The Morgan fingerprint density at radius 3 is 2.28 bits per heavy atom. The van der Waals surface area contributed by atoms with Crippen LogP contribution in [-0.4, -0.2) is 34.6 Å². The van der Waals surface area contributed by atoms with Gasteiger partial charge in [0.05, 0.1) is 5.75 Å². The van der Waals surface area contributed by atoms with E-state index >= 15 is 0 Å². The summed E-state index contributed by atoms with van der Waals surface area (Å²) in [4.78, 5) is 28.0. The van der Waals surface area contributed by atoms with Crippen molar-refractivity contribution in [2.75, 3.05) is 5.75 Å². The summed E-state index contributed by atoms with van der Waals surface area (Å²) in [7, 11) is 0. The van der Waals surface area contributed by atoms with Gasteiger partial charge in [-0.05, 0) is 49.9 Å². The molecule has 0 spiro atoms. The first-order valence-corrected chi connectivity index (χ1v) is 12.8. The minimum absolute atomic E-state index is 0.0350. The quantitative estimate of drug-likeness (QED) is 0.401. The van der Waals surface area contributed by atoms with Gasteiger partial charge in [-0.1, -0.05) is 67.4 Å². The third-order valence-corrected chi connectivity index (χ3v) is 7.20. The zero-order valence-corrected chi connectivity index (χ0v) is 21.5. The molecule has 1 N–H and O–H groups in total. The molecule has 0 aliphatic heterocycles. The van der Waals surface area contributed by atoms with Crippen molar-refractivity contribution in [3.8, 4) is 0 Å². The van der Waals surface area contributed by atoms with Crippen LogP contribution in [0, 0.1) is 6.92 Å². The number of carbonyl (C=O) groups excluding carboxylic acids is 2. The largest absolute Gasteiger partial charge is 0.352 e. The number of halogens is 2. The van der Waals surface area contributed by atoms with Crippen molar-refractivity contribution < 1.29 is 9.59 Å². The molecule has 2 amide bonds. The van der Waals surface area contributed by atoms with Gasteiger partial charge >= 0.3 is 0 Å². The lowest BCUT2D eigenvalue weighted by Crippen LogP contribution is -2.51. The highest BCUT2D eigenvalue weighted by Gasteiger charge is 2.30. The van der Waals surface area contributed by atoms with Gasteiger partial charge in [0.25, 0.3) is 0 Å². The maximum Gasteiger partial charge on any atom is 0.243 e. The molecule has 0 aliphatic rings. The Morgan fingerprint density at radius 1 is 1.03 bits per heavy atom. The number of hydrogen-bond donors (Lipinski definition) is 1. The van der Waals surface area contributed by atoms with E-state index in [9.17, 15) is 9.59 Å². The first-order valence-electron chi connectivity index (χ1n) is 10.9. The van der Waals surface area contributed by atoms with Crippen LogP contribution in [0.15, 0.2) is 42.5 Å². The minimum Gasteiger partial charge on any atom is -0.352 e. The van der Waals surface area contributed by atoms with Gasteiger partial charge in [-0.2, -0.15) is 0 Å². The molecule has 0 aromatic heterocycles. The smallest absolute Gasteiger partial charge is 0.243 e. The molecule has 32 heavy (non-hydrogen) atoms. The van der Waals surface area contributed by atoms with Crippen LogP contribution in [-0.2, 0) is 21.9 Å². The Morgan fingerprint density at radius 2 is 1.69 bits per heavy atom. The second-order valence-electron chi connectivity index (χ2n) is 7.88. The molecule has 0 fully saturated rings. The molecular formula is C25H32Cl2N2O2S. The molecule has 2 atom stereocenters. The van der Waals surface area contributed by atoms with Crippen LogP contribution in [0.3, 0.4) is 0 Å². The predicted octanol–water partition coefficient (Wildman–Crippen LogP) is 6.26. The van der Waals surface area contributed by atoms with Gasteiger partial charge in [-0.25, -0.2) is 0 Å². The van der Waals surface area contributed by atoms with Crippen LogP contribution in [0.2, 0.25) is 10.0 Å². The SMILES string of the molecule is CC[C@@H](C)NC(=O)[C@@H](CC)N(Cc1c(Cl)cccc1Cl)C(=O)CSCc1ccccc1C. The van der Waals surface area contributed by atoms with Crippen molar-refractivity contribution in [3.63, 3.8) is 0 Å². The molecule has 0 aliphatic carbocycles. The molecule has 0 unspecified atom stereocenters. The second-order valence-corrected chi connectivity index (χ2v) is 9.68. The van der Waals surface area contributed by atoms with Crippen LogP contribution in [0.1, 0.15) is 50.3 Å². The molecule has 0 saturated carbocycles. The Kier molecular flexibility index (Phi) is 10.9. The zero-order valence-electron chi connectivity index (χ0n) is 19.2. The average Bonchev–Trinajstić information content (AvgIpc) is 2.76. The van der Waals surface area contributed by atoms with Crippen LogP contribution in [0.5, 0.6) is 0 Å². The number of nitrogens with one attached hydrogen (secondary N) is 1. The number of nitrogens with zero attached hydrogens (tertiary/aromatic N) is 1. The topological polar surface area (TPSA) is 49.4 Å². The Labute approximate surface area is 206 Å². The summed E-state index contributed by atoms with van der Waals surface area (Å²) < 4.78 is 0. The Bertz CT molecular complexity index is 902. The van der Waals surface area contributed by atoms with Crippen molar-refractivity contribution in [2.45, 2.75) is 64.9 Å². The molecule has 174 valence electrons. The van der Waals surface area contributed by atoms with Crippen LogP contribution in [0.25, 0.3) is 0 Å². The van der Waals surface area contributed by atoms with Gasteiger partial charge in [0.1, 0.15) is 6.04 Å². The van der Waals surface area contributed by atoms with Crippen molar-refractivity contribution in [1.82, 2.24) is 10.2 Å². The minimum atomic E-state index is -0.595. The van der Waals surface area contributed by atoms with E-state index in [-0.39, 0.29) is 30.2 Å². The van der Waals surface area contributed by atoms with E-state index in [1.165, 1.54) is 11.1 Å². The second kappa shape index (κ2) is 13.1. The summed E-state index contributed by atoms with van der Waals surface area (Å²) in [6, 6.07) is 12.9. The Balaban J connectivity index is 2.22. The van der Waals surface area contributed by atoms with E-state index in [0.29, 0.717) is 22.0 Å². The summed E-state index contributed by atoms with van der Waals surface area (Å²) in [5.74, 6) is 0.742. The maximum atomic E-state index is 13.3. The van der Waals surface area contributed by atoms with E-state index in [0.717, 1.165) is 12.2 Å². The maximum absolute atomic E-state index is 13.3. The summed E-state index contributed by atoms with van der Waals surface area (Å²) >= 11 is 14.3. The molecule has 2 rings (SSSR count). The molecule has 0 bridgehead atoms. The number of hydrogen-bond acceptors (Lipinski definition) is 3. The fourth-order valence-corrected chi connectivity index (χ4v) is 4.82. The van der Waals surface area contributed by atoms with Crippen LogP contribution in [0.4, 0.5) is 0 Å². The molecule has 0 radical (unpaired) electrons. The fourth-order valence-electron chi connectivity index (χ4n) is 3.32. The third kappa shape index (κ3) is 7.43. The molecule has 0 heterocycles. The van der Waals surface area contributed by atoms with Crippen molar-refractivity contribution in [3.05, 3.63) is 69.2 Å². The highest BCUT2D eigenvalue weighted by molar-refractivity contribution is 7.99. The first-order chi connectivity index (χ1) is 15.3. The normalized spacial score (nSPS) is 12.8. The molecule has 7 heteroatoms. The number of aryl methyl sites for hydroxylation is 1. The van der Waals surface area contributed by atoms with Crippen molar-refractivity contribution in [1.29, 1.82) is 0 Å². The van der Waals surface area contributed by atoms with Gasteiger partial charge in [-0.15, -0.1) is 11.8 Å². The highest BCUT2D eigenvalue weighted by atomic mass is 35.5. The number of amides is 2. The van der Waals surface area contributed by atoms with Gasteiger partial charge in [0.15, 0.2) is 0 Å². The predicted molar refractivity (Wildman–Crippen MR) is 136 cm³/mol. The summed E-state index contributed by atoms with van der Waals surface area (Å²) in [6.45, 7) is 8.14. The summed E-state index contributed by atoms with van der Waals surface area (Å²) in [5.41, 5.74) is 3.06. The number of thioether (sulfide) groups is 1. The molecule has 4 nitrogen and oxygen atoms in total. The van der Waals surface area contributed by atoms with Gasteiger partial charge in [-0.3, -0.25) is 9.59 Å². The van der Waals surface area contributed by atoms with Crippen molar-refractivity contribution in [2.24, 2.45) is 0 Å². The number of carbonyl (C=O) groups is 2. The van der Waals surface area contributed by atoms with Crippen LogP contribution >= 0.6 is 35.0 Å². The first kappa shape index (κ1) is 26.6. The molecule has 2 aromatic rings. The number of rotatable bonds is 11. The average molecular weight is 496 g/mol. The number of benzene rings is 2. The van der Waals surface area contributed by atoms with E-state index in [2.05, 4.69) is 24.4 Å². The standard InChI is InChI=1S/C25H32Cl2N2O2S/c1-5-18(4)28-25(31)23(6-2)29(14-20-21(26)12-9-13-22(20)27)24(30)16-32-15-19-11-8-7-10-17(19)3/h7-13,18,23H,5-6,14-16H2,1-4H3,(H,28,31)/t18-,23-/m1/s1. The zero-order chi connectivity index (χ0) is 23.7. The van der Waals surface area contributed by atoms with E-state index in [1.54, 1.807) is 34.9 Å². The molecule has 0 saturated heterocycles. The van der Waals surface area contributed by atoms with Crippen LogP contribution < -0.4 is 5.32 Å². The van der Waals surface area contributed by atoms with Gasteiger partial charge in [0, 0.05) is 33.9 Å². The van der Waals surface area contributed by atoms with E-state index in [4.69, 9.17) is 23.2 Å². The fraction of sp³-hybridized carbons (Fsp3) is 0.440. The Hall–Kier alpha value is -1.69. The van der Waals surface area contributed by atoms with Gasteiger partial charge in [0.2, 0.25) is 11.8 Å². The van der Waals surface area contributed by atoms with E-state index < -0.39 is 6.04 Å². The highest BCUT2D eigenvalue weighted by Crippen LogP contribution is 2.27. The van der Waals surface area contributed by atoms with E-state index in [1.807, 2.05) is 32.9 Å². The lowest BCUT2D eigenvalue weighted by molar-refractivity contribution is -0.139. The van der Waals surface area contributed by atoms with Gasteiger partial charge < -0.3 is 10.2 Å². The molecule has 2 aromatic carbocycles. The molecular weight excluding hydrogens is 463 g/mol. The lowest BCUT2D eigenvalue weighted by atomic mass is 10.1. The summed E-state index contributed by atoms with van der Waals surface area (Å²) in [6.07, 6.45) is 1.32. The third-order valence-electron chi connectivity index (χ3n) is 5.52. The summed E-state index contributed by atoms with van der Waals surface area (Å²) in [5, 5.41) is 3.99. The lowest BCUT2D eigenvalue weighted by Gasteiger charge is -2.32. The van der Waals surface area contributed by atoms with Crippen molar-refractivity contribution >= 4 is 46.8 Å². The monoisotopic (exact) mass is 494 g/mol.